The Hall–Kier alpha value is -2.92. The van der Waals surface area contributed by atoms with Crippen molar-refractivity contribution in [3.05, 3.63) is 46.1 Å². The van der Waals surface area contributed by atoms with E-state index in [0.717, 1.165) is 29.7 Å². The molecule has 2 aromatic rings. The molecule has 8 heteroatoms. The molecule has 6 nitrogen and oxygen atoms in total. The van der Waals surface area contributed by atoms with Crippen molar-refractivity contribution in [3.63, 3.8) is 0 Å². The molecule has 0 saturated heterocycles. The van der Waals surface area contributed by atoms with Crippen molar-refractivity contribution in [2.24, 2.45) is 0 Å². The van der Waals surface area contributed by atoms with Crippen LogP contribution < -0.4 is 10.1 Å². The van der Waals surface area contributed by atoms with Crippen LogP contribution in [0.4, 0.5) is 9.39 Å². The number of fused-ring (bicyclic) bond motifs is 1. The van der Waals surface area contributed by atoms with E-state index < -0.39 is 29.9 Å². The highest BCUT2D eigenvalue weighted by Gasteiger charge is 2.32. The number of ether oxygens (including phenoxy) is 2. The van der Waals surface area contributed by atoms with Crippen LogP contribution in [0.3, 0.4) is 0 Å². The Kier molecular flexibility index (Phi) is 5.66. The molecule has 0 aliphatic heterocycles. The summed E-state index contributed by atoms with van der Waals surface area (Å²) in [6.45, 7) is 2.49. The summed E-state index contributed by atoms with van der Waals surface area (Å²) in [5.74, 6) is -1.37. The van der Waals surface area contributed by atoms with Crippen LogP contribution in [0.1, 0.15) is 36.3 Å². The molecule has 28 heavy (non-hydrogen) atoms. The third-order valence-corrected chi connectivity index (χ3v) is 5.51. The highest BCUT2D eigenvalue weighted by atomic mass is 32.1. The quantitative estimate of drug-likeness (QED) is 0.746. The molecule has 0 bridgehead atoms. The van der Waals surface area contributed by atoms with Crippen LogP contribution >= 0.6 is 11.3 Å². The maximum atomic E-state index is 13.0. The molecule has 1 aliphatic rings. The summed E-state index contributed by atoms with van der Waals surface area (Å²) in [4.78, 5) is 25.6. The predicted molar refractivity (Wildman–Crippen MR) is 102 cm³/mol. The summed E-state index contributed by atoms with van der Waals surface area (Å²) in [6.07, 6.45) is 2.77. The van der Waals surface area contributed by atoms with Gasteiger partial charge >= 0.3 is 5.97 Å². The first-order chi connectivity index (χ1) is 13.3. The molecule has 1 aromatic carbocycles. The van der Waals surface area contributed by atoms with Gasteiger partial charge in [0.2, 0.25) is 0 Å². The number of nitrogens with zero attached hydrogens (tertiary/aromatic N) is 1. The monoisotopic (exact) mass is 402 g/mol. The Balaban J connectivity index is 1.56. The number of esters is 1. The van der Waals surface area contributed by atoms with E-state index in [2.05, 4.69) is 11.4 Å². The minimum absolute atomic E-state index is 0.305. The molecular weight excluding hydrogens is 383 g/mol. The molecule has 146 valence electrons. The minimum atomic E-state index is -1.36. The van der Waals surface area contributed by atoms with Crippen molar-refractivity contribution in [1.82, 2.24) is 0 Å². The van der Waals surface area contributed by atoms with Crippen LogP contribution in [-0.2, 0) is 27.2 Å². The van der Waals surface area contributed by atoms with E-state index in [1.165, 1.54) is 49.4 Å². The summed E-state index contributed by atoms with van der Waals surface area (Å²) in [6, 6.07) is 7.38. The van der Waals surface area contributed by atoms with Crippen molar-refractivity contribution in [3.8, 4) is 11.8 Å². The van der Waals surface area contributed by atoms with E-state index in [1.807, 2.05) is 0 Å². The lowest BCUT2D eigenvalue weighted by molar-refractivity contribution is -0.161. The Morgan fingerprint density at radius 2 is 2.00 bits per heavy atom. The summed E-state index contributed by atoms with van der Waals surface area (Å²) in [5.41, 5.74) is 0.144. The molecule has 0 saturated carbocycles. The molecule has 0 radical (unpaired) electrons. The minimum Gasteiger partial charge on any atom is -0.476 e. The predicted octanol–water partition coefficient (Wildman–Crippen LogP) is 3.59. The normalized spacial score (nSPS) is 12.8. The fraction of sp³-hybridized carbons (Fsp3) is 0.350. The smallest absolute Gasteiger partial charge is 0.350 e. The fourth-order valence-corrected chi connectivity index (χ4v) is 4.17. The van der Waals surface area contributed by atoms with Gasteiger partial charge in [0.15, 0.2) is 12.2 Å². The van der Waals surface area contributed by atoms with Gasteiger partial charge in [-0.2, -0.15) is 5.26 Å². The van der Waals surface area contributed by atoms with Crippen LogP contribution in [0.25, 0.3) is 0 Å². The van der Waals surface area contributed by atoms with Crippen LogP contribution in [0, 0.1) is 17.1 Å². The van der Waals surface area contributed by atoms with Gasteiger partial charge in [0.05, 0.1) is 5.56 Å². The molecule has 1 aliphatic carbocycles. The topological polar surface area (TPSA) is 88.4 Å². The largest absolute Gasteiger partial charge is 0.476 e. The molecule has 0 unspecified atom stereocenters. The zero-order valence-electron chi connectivity index (χ0n) is 15.5. The molecular formula is C20H19FN2O4S. The fourth-order valence-electron chi connectivity index (χ4n) is 2.92. The van der Waals surface area contributed by atoms with E-state index in [9.17, 15) is 19.2 Å². The number of thiophene rings is 1. The van der Waals surface area contributed by atoms with Gasteiger partial charge in [-0.05, 0) is 62.9 Å². The zero-order valence-corrected chi connectivity index (χ0v) is 16.3. The van der Waals surface area contributed by atoms with Gasteiger partial charge in [0.25, 0.3) is 5.91 Å². The first-order valence-electron chi connectivity index (χ1n) is 8.76. The average Bonchev–Trinajstić information content (AvgIpc) is 3.22. The van der Waals surface area contributed by atoms with Crippen LogP contribution in [0.5, 0.6) is 5.75 Å². The second-order valence-electron chi connectivity index (χ2n) is 6.86. The molecule has 1 heterocycles. The first-order valence-corrected chi connectivity index (χ1v) is 9.58. The Labute approximate surface area is 165 Å². The van der Waals surface area contributed by atoms with Crippen molar-refractivity contribution >= 4 is 28.2 Å². The van der Waals surface area contributed by atoms with Crippen molar-refractivity contribution in [1.29, 1.82) is 5.26 Å². The SMILES string of the molecule is CC(C)(Oc1ccc(F)cc1)C(=O)OCC(=O)Nc1sc2c(c1C#N)CCC2. The molecule has 0 atom stereocenters. The number of nitrogens with one attached hydrogen (secondary N) is 1. The van der Waals surface area contributed by atoms with E-state index in [4.69, 9.17) is 9.47 Å². The van der Waals surface area contributed by atoms with Crippen LogP contribution in [0.15, 0.2) is 24.3 Å². The Morgan fingerprint density at radius 1 is 1.29 bits per heavy atom. The molecule has 1 amide bonds. The third-order valence-electron chi connectivity index (χ3n) is 4.30. The van der Waals surface area contributed by atoms with Crippen molar-refractivity contribution in [2.45, 2.75) is 38.7 Å². The Morgan fingerprint density at radius 3 is 2.68 bits per heavy atom. The number of carbonyl (C=O) groups is 2. The second kappa shape index (κ2) is 7.98. The first kappa shape index (κ1) is 19.8. The maximum Gasteiger partial charge on any atom is 0.350 e. The summed E-state index contributed by atoms with van der Waals surface area (Å²) in [7, 11) is 0. The third kappa shape index (κ3) is 4.31. The van der Waals surface area contributed by atoms with Gasteiger partial charge in [-0.1, -0.05) is 0 Å². The lowest BCUT2D eigenvalue weighted by atomic mass is 10.1. The molecule has 0 fully saturated rings. The molecule has 3 rings (SSSR count). The van der Waals surface area contributed by atoms with E-state index in [1.54, 1.807) is 0 Å². The van der Waals surface area contributed by atoms with Crippen molar-refractivity contribution in [2.75, 3.05) is 11.9 Å². The molecule has 0 spiro atoms. The number of hydrogen-bond acceptors (Lipinski definition) is 6. The maximum absolute atomic E-state index is 13.0. The highest BCUT2D eigenvalue weighted by molar-refractivity contribution is 7.16. The number of amides is 1. The number of anilines is 1. The summed E-state index contributed by atoms with van der Waals surface area (Å²) >= 11 is 1.39. The van der Waals surface area contributed by atoms with Gasteiger partial charge < -0.3 is 14.8 Å². The van der Waals surface area contributed by atoms with E-state index >= 15 is 0 Å². The van der Waals surface area contributed by atoms with Gasteiger partial charge in [0, 0.05) is 4.88 Å². The molecule has 1 N–H and O–H groups in total. The number of hydrogen-bond donors (Lipinski definition) is 1. The van der Waals surface area contributed by atoms with E-state index in [-0.39, 0.29) is 0 Å². The number of carbonyl (C=O) groups excluding carboxylic acids is 2. The second-order valence-corrected chi connectivity index (χ2v) is 7.97. The van der Waals surface area contributed by atoms with Gasteiger partial charge in [-0.25, -0.2) is 9.18 Å². The highest BCUT2D eigenvalue weighted by Crippen LogP contribution is 2.38. The lowest BCUT2D eigenvalue weighted by Crippen LogP contribution is -2.41. The summed E-state index contributed by atoms with van der Waals surface area (Å²) < 4.78 is 23.6. The van der Waals surface area contributed by atoms with E-state index in [0.29, 0.717) is 16.3 Å². The number of benzene rings is 1. The number of aryl methyl sites for hydroxylation is 1. The van der Waals surface area contributed by atoms with Crippen LogP contribution in [-0.4, -0.2) is 24.1 Å². The van der Waals surface area contributed by atoms with Crippen molar-refractivity contribution < 1.29 is 23.5 Å². The zero-order chi connectivity index (χ0) is 20.3. The molecule has 1 aromatic heterocycles. The lowest BCUT2D eigenvalue weighted by Gasteiger charge is -2.24. The van der Waals surface area contributed by atoms with Gasteiger partial charge in [0.1, 0.15) is 22.6 Å². The van der Waals surface area contributed by atoms with Gasteiger partial charge in [-0.3, -0.25) is 4.79 Å². The van der Waals surface area contributed by atoms with Gasteiger partial charge in [-0.15, -0.1) is 11.3 Å². The standard InChI is InChI=1S/C20H19FN2O4S/c1-20(2,27-13-8-6-12(21)7-9-13)19(25)26-11-17(24)23-18-15(10-22)14-4-3-5-16(14)28-18/h6-9H,3-5,11H2,1-2H3,(H,23,24). The number of nitriles is 1. The average molecular weight is 402 g/mol. The number of halogens is 1. The Bertz CT molecular complexity index is 944. The number of rotatable bonds is 6. The van der Waals surface area contributed by atoms with Crippen LogP contribution in [0.2, 0.25) is 0 Å². The summed E-state index contributed by atoms with van der Waals surface area (Å²) in [5, 5.41) is 12.5.